The number of hydrogen-bond donors (Lipinski definition) is 5. The fourth-order valence-corrected chi connectivity index (χ4v) is 2.99. The first-order valence-electron chi connectivity index (χ1n) is 9.28. The average Bonchev–Trinajstić information content (AvgIpc) is 3.09. The second kappa shape index (κ2) is 10.8. The molecule has 27 heavy (non-hydrogen) atoms. The van der Waals surface area contributed by atoms with Crippen LogP contribution in [-0.2, 0) is 19.2 Å². The molecule has 0 unspecified atom stereocenters. The highest BCUT2D eigenvalue weighted by molar-refractivity contribution is 5.94. The van der Waals surface area contributed by atoms with Crippen molar-refractivity contribution >= 4 is 23.7 Å². The van der Waals surface area contributed by atoms with E-state index in [0.29, 0.717) is 38.8 Å². The van der Waals surface area contributed by atoms with Crippen LogP contribution in [0.25, 0.3) is 0 Å². The molecule has 0 saturated carbocycles. The highest BCUT2D eigenvalue weighted by Gasteiger charge is 2.36. The molecule has 0 spiro atoms. The van der Waals surface area contributed by atoms with Gasteiger partial charge in [-0.15, -0.1) is 0 Å². The van der Waals surface area contributed by atoms with Crippen molar-refractivity contribution in [1.29, 1.82) is 0 Å². The van der Waals surface area contributed by atoms with Crippen LogP contribution >= 0.6 is 0 Å². The van der Waals surface area contributed by atoms with E-state index in [-0.39, 0.29) is 12.3 Å². The van der Waals surface area contributed by atoms with Crippen molar-refractivity contribution in [3.8, 4) is 0 Å². The van der Waals surface area contributed by atoms with Gasteiger partial charge in [-0.25, -0.2) is 4.79 Å². The van der Waals surface area contributed by atoms with Gasteiger partial charge in [-0.2, -0.15) is 0 Å². The van der Waals surface area contributed by atoms with Crippen molar-refractivity contribution in [3.05, 3.63) is 0 Å². The Labute approximate surface area is 159 Å². The van der Waals surface area contributed by atoms with Gasteiger partial charge in [0.05, 0.1) is 6.04 Å². The number of aliphatic carboxylic acids is 1. The van der Waals surface area contributed by atoms with Gasteiger partial charge in [0, 0.05) is 6.54 Å². The number of nitrogens with one attached hydrogen (secondary N) is 2. The van der Waals surface area contributed by atoms with Crippen LogP contribution in [0.3, 0.4) is 0 Å². The number of likely N-dealkylation sites (tertiary alicyclic amines) is 1. The zero-order valence-electron chi connectivity index (χ0n) is 15.9. The van der Waals surface area contributed by atoms with Gasteiger partial charge in [0.2, 0.25) is 17.7 Å². The number of carbonyl (C=O) groups excluding carboxylic acids is 3. The molecule has 1 saturated heterocycles. The van der Waals surface area contributed by atoms with E-state index in [1.54, 1.807) is 6.92 Å². The van der Waals surface area contributed by atoms with E-state index >= 15 is 0 Å². The lowest BCUT2D eigenvalue weighted by Crippen LogP contribution is -2.55. The third-order valence-electron chi connectivity index (χ3n) is 4.54. The summed E-state index contributed by atoms with van der Waals surface area (Å²) in [5.41, 5.74) is 11.0. The Hall–Kier alpha value is -2.20. The van der Waals surface area contributed by atoms with E-state index in [0.717, 1.165) is 0 Å². The maximum Gasteiger partial charge on any atom is 0.326 e. The lowest BCUT2D eigenvalue weighted by Gasteiger charge is -2.27. The Bertz CT molecular complexity index is 554. The number of carboxylic acids is 1. The summed E-state index contributed by atoms with van der Waals surface area (Å²) in [5.74, 6) is -2.48. The lowest BCUT2D eigenvalue weighted by molar-refractivity contribution is -0.143. The normalized spacial score (nSPS) is 19.9. The third kappa shape index (κ3) is 6.79. The van der Waals surface area contributed by atoms with E-state index in [9.17, 15) is 24.3 Å². The predicted octanol–water partition coefficient (Wildman–Crippen LogP) is -1.47. The van der Waals surface area contributed by atoms with Gasteiger partial charge < -0.3 is 32.1 Å². The van der Waals surface area contributed by atoms with Gasteiger partial charge in [0.1, 0.15) is 18.1 Å². The van der Waals surface area contributed by atoms with Crippen molar-refractivity contribution in [1.82, 2.24) is 15.5 Å². The Morgan fingerprint density at radius 1 is 1.19 bits per heavy atom. The monoisotopic (exact) mass is 385 g/mol. The van der Waals surface area contributed by atoms with Crippen molar-refractivity contribution in [2.24, 2.45) is 11.5 Å². The van der Waals surface area contributed by atoms with Crippen LogP contribution in [0, 0.1) is 0 Å². The van der Waals surface area contributed by atoms with E-state index < -0.39 is 42.0 Å². The number of amides is 3. The van der Waals surface area contributed by atoms with Crippen molar-refractivity contribution < 1.29 is 24.3 Å². The molecule has 4 atom stereocenters. The molecule has 3 amide bonds. The fourth-order valence-electron chi connectivity index (χ4n) is 2.99. The molecule has 0 radical (unpaired) electrons. The Morgan fingerprint density at radius 2 is 1.85 bits per heavy atom. The molecule has 0 bridgehead atoms. The summed E-state index contributed by atoms with van der Waals surface area (Å²) >= 11 is 0. The largest absolute Gasteiger partial charge is 0.480 e. The van der Waals surface area contributed by atoms with Gasteiger partial charge in [0.15, 0.2) is 0 Å². The van der Waals surface area contributed by atoms with Crippen molar-refractivity contribution in [3.63, 3.8) is 0 Å². The van der Waals surface area contributed by atoms with Gasteiger partial charge in [-0.05, 0) is 52.5 Å². The van der Waals surface area contributed by atoms with Crippen LogP contribution < -0.4 is 22.1 Å². The SMILES string of the molecule is C[C@H](N)C(=O)N1CCC[C@H]1C(=O)N[C@@H](C)C(=O)N[C@@H](CCCCN)C(=O)O. The molecule has 7 N–H and O–H groups in total. The molecule has 1 rings (SSSR count). The maximum atomic E-state index is 12.5. The summed E-state index contributed by atoms with van der Waals surface area (Å²) in [4.78, 5) is 49.5. The smallest absolute Gasteiger partial charge is 0.326 e. The number of rotatable bonds is 10. The summed E-state index contributed by atoms with van der Waals surface area (Å²) in [6, 6.07) is -3.34. The van der Waals surface area contributed by atoms with E-state index in [2.05, 4.69) is 10.6 Å². The average molecular weight is 385 g/mol. The molecule has 0 aliphatic carbocycles. The number of nitrogens with two attached hydrogens (primary N) is 2. The molecule has 1 aliphatic rings. The highest BCUT2D eigenvalue weighted by Crippen LogP contribution is 2.18. The van der Waals surface area contributed by atoms with Crippen LogP contribution in [0.1, 0.15) is 46.0 Å². The van der Waals surface area contributed by atoms with Crippen molar-refractivity contribution in [2.45, 2.75) is 70.1 Å². The maximum absolute atomic E-state index is 12.5. The van der Waals surface area contributed by atoms with Crippen molar-refractivity contribution in [2.75, 3.05) is 13.1 Å². The third-order valence-corrected chi connectivity index (χ3v) is 4.54. The number of unbranched alkanes of at least 4 members (excludes halogenated alkanes) is 1. The molecule has 1 aliphatic heterocycles. The zero-order chi connectivity index (χ0) is 20.6. The van der Waals surface area contributed by atoms with E-state index in [1.807, 2.05) is 0 Å². The predicted molar refractivity (Wildman–Crippen MR) is 98.5 cm³/mol. The second-order valence-corrected chi connectivity index (χ2v) is 6.89. The Balaban J connectivity index is 2.61. The molecule has 0 aromatic carbocycles. The number of carboxylic acid groups (broad SMARTS) is 1. The minimum absolute atomic E-state index is 0.262. The van der Waals surface area contributed by atoms with Gasteiger partial charge in [-0.1, -0.05) is 0 Å². The van der Waals surface area contributed by atoms with E-state index in [4.69, 9.17) is 11.5 Å². The lowest BCUT2D eigenvalue weighted by atomic mass is 10.1. The zero-order valence-corrected chi connectivity index (χ0v) is 15.9. The first kappa shape index (κ1) is 22.8. The number of hydrogen-bond acceptors (Lipinski definition) is 6. The summed E-state index contributed by atoms with van der Waals surface area (Å²) in [6.07, 6.45) is 2.68. The first-order chi connectivity index (χ1) is 12.7. The van der Waals surface area contributed by atoms with E-state index in [1.165, 1.54) is 11.8 Å². The molecular weight excluding hydrogens is 354 g/mol. The van der Waals surface area contributed by atoms with Crippen LogP contribution in [-0.4, -0.2) is 71.0 Å². The minimum Gasteiger partial charge on any atom is -0.480 e. The quantitative estimate of drug-likeness (QED) is 0.286. The molecule has 0 aromatic heterocycles. The summed E-state index contributed by atoms with van der Waals surface area (Å²) in [7, 11) is 0. The topological polar surface area (TPSA) is 168 Å². The standard InChI is InChI=1S/C17H31N5O5/c1-10(19)16(25)22-9-5-7-13(22)15(24)20-11(2)14(23)21-12(17(26)27)6-3-4-8-18/h10-13H,3-9,18-19H2,1-2H3,(H,20,24)(H,21,23)(H,26,27)/t10-,11-,12-,13-/m0/s1. The molecule has 0 aromatic rings. The first-order valence-corrected chi connectivity index (χ1v) is 9.28. The number of carbonyl (C=O) groups is 4. The Kier molecular flexibility index (Phi) is 9.16. The number of nitrogens with zero attached hydrogens (tertiary/aromatic N) is 1. The molecule has 1 fully saturated rings. The van der Waals surface area contributed by atoms with Gasteiger partial charge in [0.25, 0.3) is 0 Å². The van der Waals surface area contributed by atoms with Gasteiger partial charge >= 0.3 is 5.97 Å². The molecular formula is C17H31N5O5. The highest BCUT2D eigenvalue weighted by atomic mass is 16.4. The molecule has 10 heteroatoms. The summed E-state index contributed by atoms with van der Waals surface area (Å²) in [6.45, 7) is 3.92. The summed E-state index contributed by atoms with van der Waals surface area (Å²) < 4.78 is 0. The fraction of sp³-hybridized carbons (Fsp3) is 0.765. The Morgan fingerprint density at radius 3 is 2.41 bits per heavy atom. The van der Waals surface area contributed by atoms with Crippen LogP contribution in [0.5, 0.6) is 0 Å². The van der Waals surface area contributed by atoms with Crippen LogP contribution in [0.15, 0.2) is 0 Å². The minimum atomic E-state index is -1.14. The molecule has 154 valence electrons. The second-order valence-electron chi connectivity index (χ2n) is 6.89. The van der Waals surface area contributed by atoms with Crippen LogP contribution in [0.4, 0.5) is 0 Å². The summed E-state index contributed by atoms with van der Waals surface area (Å²) in [5, 5.41) is 14.2. The van der Waals surface area contributed by atoms with Crippen LogP contribution in [0.2, 0.25) is 0 Å². The van der Waals surface area contributed by atoms with Gasteiger partial charge in [-0.3, -0.25) is 14.4 Å². The molecule has 1 heterocycles. The molecule has 10 nitrogen and oxygen atoms in total.